The first-order valence-corrected chi connectivity index (χ1v) is 8.85. The lowest BCUT2D eigenvalue weighted by Crippen LogP contribution is -2.34. The summed E-state index contributed by atoms with van der Waals surface area (Å²) in [7, 11) is 0. The minimum atomic E-state index is -0.817. The molecule has 3 rings (SSSR count). The van der Waals surface area contributed by atoms with Crippen molar-refractivity contribution >= 4 is 23.0 Å². The van der Waals surface area contributed by atoms with Crippen LogP contribution in [0.25, 0.3) is 0 Å². The number of nitrogens with zero attached hydrogens (tertiary/aromatic N) is 3. The van der Waals surface area contributed by atoms with Gasteiger partial charge in [-0.15, -0.1) is 0 Å². The number of benzene rings is 2. The van der Waals surface area contributed by atoms with Crippen molar-refractivity contribution in [3.05, 3.63) is 68.3 Å². The molecule has 9 heteroatoms. The number of carbonyl (C=O) groups is 1. The normalized spacial score (nSPS) is 16.5. The van der Waals surface area contributed by atoms with E-state index < -0.39 is 15.8 Å². The van der Waals surface area contributed by atoms with Crippen molar-refractivity contribution in [1.82, 2.24) is 0 Å². The number of hydrogen-bond donors (Lipinski definition) is 0. The molecule has 0 bridgehead atoms. The Morgan fingerprint density at radius 3 is 2.61 bits per heavy atom. The summed E-state index contributed by atoms with van der Waals surface area (Å²) in [4.78, 5) is 35.6. The molecule has 28 heavy (non-hydrogen) atoms. The summed E-state index contributed by atoms with van der Waals surface area (Å²) in [5.41, 5.74) is 0.101. The second-order valence-electron chi connectivity index (χ2n) is 6.80. The van der Waals surface area contributed by atoms with Gasteiger partial charge >= 0.3 is 5.97 Å². The molecular weight excluding hydrogens is 366 g/mol. The molecule has 0 aromatic heterocycles. The van der Waals surface area contributed by atoms with Gasteiger partial charge in [-0.05, 0) is 37.0 Å². The van der Waals surface area contributed by atoms with Crippen LogP contribution in [0, 0.1) is 26.1 Å². The van der Waals surface area contributed by atoms with Crippen LogP contribution in [0.4, 0.5) is 17.1 Å². The van der Waals surface area contributed by atoms with E-state index in [0.717, 1.165) is 32.0 Å². The molecule has 0 saturated carbocycles. The summed E-state index contributed by atoms with van der Waals surface area (Å²) in [5.74, 6) is -0.384. The third-order valence-corrected chi connectivity index (χ3v) is 4.64. The number of ether oxygens (including phenoxy) is 1. The van der Waals surface area contributed by atoms with E-state index >= 15 is 0 Å². The number of piperidine rings is 1. The summed E-state index contributed by atoms with van der Waals surface area (Å²) in [6, 6.07) is 9.41. The predicted octanol–water partition coefficient (Wildman–Crippen LogP) is 3.96. The van der Waals surface area contributed by atoms with E-state index in [0.29, 0.717) is 11.6 Å². The van der Waals surface area contributed by atoms with Gasteiger partial charge in [0, 0.05) is 25.2 Å². The highest BCUT2D eigenvalue weighted by atomic mass is 16.6. The zero-order valence-corrected chi connectivity index (χ0v) is 15.2. The predicted molar refractivity (Wildman–Crippen MR) is 102 cm³/mol. The first-order chi connectivity index (χ1) is 13.3. The van der Waals surface area contributed by atoms with Crippen molar-refractivity contribution in [3.8, 4) is 5.75 Å². The van der Waals surface area contributed by atoms with Crippen LogP contribution in [0.3, 0.4) is 0 Å². The first-order valence-electron chi connectivity index (χ1n) is 8.85. The fraction of sp³-hybridized carbons (Fsp3) is 0.316. The number of nitro benzene ring substituents is 2. The minimum absolute atomic E-state index is 0.00390. The Hall–Kier alpha value is -3.49. The molecule has 0 spiro atoms. The van der Waals surface area contributed by atoms with Crippen LogP contribution in [0.2, 0.25) is 0 Å². The van der Waals surface area contributed by atoms with Gasteiger partial charge < -0.3 is 9.64 Å². The lowest BCUT2D eigenvalue weighted by Gasteiger charge is -2.32. The Bertz CT molecular complexity index is 930. The van der Waals surface area contributed by atoms with E-state index in [2.05, 4.69) is 6.92 Å². The van der Waals surface area contributed by atoms with Gasteiger partial charge in [-0.25, -0.2) is 4.79 Å². The molecule has 0 radical (unpaired) electrons. The Balaban J connectivity index is 1.85. The smallest absolute Gasteiger partial charge is 0.343 e. The molecule has 1 saturated heterocycles. The van der Waals surface area contributed by atoms with Crippen LogP contribution in [0.15, 0.2) is 42.5 Å². The van der Waals surface area contributed by atoms with E-state index in [4.69, 9.17) is 4.74 Å². The molecule has 0 aliphatic carbocycles. The molecule has 2 aromatic carbocycles. The van der Waals surface area contributed by atoms with Gasteiger partial charge in [-0.1, -0.05) is 13.0 Å². The van der Waals surface area contributed by atoms with Crippen molar-refractivity contribution in [2.75, 3.05) is 18.0 Å². The molecule has 2 aromatic rings. The zero-order valence-electron chi connectivity index (χ0n) is 15.2. The Kier molecular flexibility index (Phi) is 5.53. The summed E-state index contributed by atoms with van der Waals surface area (Å²) < 4.78 is 5.15. The SMILES string of the molecule is C[C@H]1CCCN(c2ccc(C(=O)Oc3cccc([N+](=O)[O-])c3)cc2[N+](=O)[O-])C1. The molecule has 1 aliphatic heterocycles. The fourth-order valence-corrected chi connectivity index (χ4v) is 3.30. The molecular formula is C19H19N3O6. The van der Waals surface area contributed by atoms with Crippen molar-refractivity contribution < 1.29 is 19.4 Å². The van der Waals surface area contributed by atoms with Gasteiger partial charge in [0.2, 0.25) is 0 Å². The van der Waals surface area contributed by atoms with Crippen LogP contribution in [-0.4, -0.2) is 28.9 Å². The number of rotatable bonds is 5. The Morgan fingerprint density at radius 2 is 1.93 bits per heavy atom. The summed E-state index contributed by atoms with van der Waals surface area (Å²) >= 11 is 0. The number of carbonyl (C=O) groups excluding carboxylic acids is 1. The van der Waals surface area contributed by atoms with Gasteiger partial charge in [-0.2, -0.15) is 0 Å². The average Bonchev–Trinajstić information content (AvgIpc) is 2.67. The number of esters is 1. The average molecular weight is 385 g/mol. The zero-order chi connectivity index (χ0) is 20.3. The summed E-state index contributed by atoms with van der Waals surface area (Å²) in [6.45, 7) is 3.55. The summed E-state index contributed by atoms with van der Waals surface area (Å²) in [5, 5.41) is 22.4. The van der Waals surface area contributed by atoms with Crippen LogP contribution in [0.5, 0.6) is 5.75 Å². The van der Waals surface area contributed by atoms with Crippen LogP contribution in [-0.2, 0) is 0 Å². The quantitative estimate of drug-likeness (QED) is 0.331. The Morgan fingerprint density at radius 1 is 1.14 bits per heavy atom. The molecule has 146 valence electrons. The molecule has 0 amide bonds. The highest BCUT2D eigenvalue weighted by Crippen LogP contribution is 2.33. The van der Waals surface area contributed by atoms with Crippen LogP contribution < -0.4 is 9.64 Å². The maximum Gasteiger partial charge on any atom is 0.343 e. The van der Waals surface area contributed by atoms with E-state index in [1.54, 1.807) is 6.07 Å². The number of non-ortho nitro benzene ring substituents is 1. The highest BCUT2D eigenvalue weighted by Gasteiger charge is 2.25. The van der Waals surface area contributed by atoms with Crippen LogP contribution in [0.1, 0.15) is 30.1 Å². The van der Waals surface area contributed by atoms with Gasteiger partial charge in [-0.3, -0.25) is 20.2 Å². The monoisotopic (exact) mass is 385 g/mol. The molecule has 1 aliphatic rings. The molecule has 1 atom stereocenters. The minimum Gasteiger partial charge on any atom is -0.423 e. The molecule has 1 fully saturated rings. The van der Waals surface area contributed by atoms with Gasteiger partial charge in [0.25, 0.3) is 11.4 Å². The Labute approximate surface area is 160 Å². The van der Waals surface area contributed by atoms with E-state index in [9.17, 15) is 25.0 Å². The molecule has 1 heterocycles. The molecule has 9 nitrogen and oxygen atoms in total. The molecule has 0 N–H and O–H groups in total. The van der Waals surface area contributed by atoms with Crippen molar-refractivity contribution in [2.24, 2.45) is 5.92 Å². The largest absolute Gasteiger partial charge is 0.423 e. The third kappa shape index (κ3) is 4.25. The van der Waals surface area contributed by atoms with Gasteiger partial charge in [0.15, 0.2) is 0 Å². The van der Waals surface area contributed by atoms with Gasteiger partial charge in [0.05, 0.1) is 21.5 Å². The first kappa shape index (κ1) is 19.3. The summed E-state index contributed by atoms with van der Waals surface area (Å²) in [6.07, 6.45) is 2.03. The maximum atomic E-state index is 12.4. The standard InChI is InChI=1S/C19H19N3O6/c1-13-4-3-9-20(12-13)17-8-7-14(10-18(17)22(26)27)19(23)28-16-6-2-5-15(11-16)21(24)25/h2,5-8,10-11,13H,3-4,9,12H2,1H3/t13-/m0/s1. The topological polar surface area (TPSA) is 116 Å². The lowest BCUT2D eigenvalue weighted by molar-refractivity contribution is -0.385. The van der Waals surface area contributed by atoms with Crippen molar-refractivity contribution in [3.63, 3.8) is 0 Å². The second-order valence-corrected chi connectivity index (χ2v) is 6.80. The molecule has 0 unspecified atom stereocenters. The van der Waals surface area contributed by atoms with E-state index in [1.165, 1.54) is 30.3 Å². The second kappa shape index (κ2) is 8.03. The third-order valence-electron chi connectivity index (χ3n) is 4.64. The number of nitro groups is 2. The number of hydrogen-bond acceptors (Lipinski definition) is 7. The van der Waals surface area contributed by atoms with Crippen LogP contribution >= 0.6 is 0 Å². The van der Waals surface area contributed by atoms with E-state index in [-0.39, 0.29) is 22.7 Å². The van der Waals surface area contributed by atoms with Crippen molar-refractivity contribution in [2.45, 2.75) is 19.8 Å². The highest BCUT2D eigenvalue weighted by molar-refractivity contribution is 5.93. The number of anilines is 1. The fourth-order valence-electron chi connectivity index (χ4n) is 3.30. The van der Waals surface area contributed by atoms with Gasteiger partial charge in [0.1, 0.15) is 11.4 Å². The van der Waals surface area contributed by atoms with Crippen molar-refractivity contribution in [1.29, 1.82) is 0 Å². The van der Waals surface area contributed by atoms with E-state index in [1.807, 2.05) is 4.90 Å². The maximum absolute atomic E-state index is 12.4. The lowest BCUT2D eigenvalue weighted by atomic mass is 9.99.